The molecule has 3 amide bonds. The van der Waals surface area contributed by atoms with Crippen LogP contribution in [-0.2, 0) is 16.1 Å². The lowest BCUT2D eigenvalue weighted by Gasteiger charge is -2.28. The Balaban J connectivity index is 1.52. The summed E-state index contributed by atoms with van der Waals surface area (Å²) in [7, 11) is 0. The van der Waals surface area contributed by atoms with Crippen LogP contribution in [0.25, 0.3) is 0 Å². The van der Waals surface area contributed by atoms with Gasteiger partial charge in [-0.25, -0.2) is 4.79 Å². The molecule has 1 saturated heterocycles. The summed E-state index contributed by atoms with van der Waals surface area (Å²) < 4.78 is 5.51. The van der Waals surface area contributed by atoms with Gasteiger partial charge < -0.3 is 15.2 Å². The molecule has 2 N–H and O–H groups in total. The SMILES string of the molecule is O=C1NC2(CCCCCCC2)C(=O)N1CC(O)COCc1ccccc1Cl. The second kappa shape index (κ2) is 9.04. The number of aliphatic hydroxyl groups excluding tert-OH is 1. The van der Waals surface area contributed by atoms with E-state index >= 15 is 0 Å². The van der Waals surface area contributed by atoms with Crippen LogP contribution in [0.5, 0.6) is 0 Å². The summed E-state index contributed by atoms with van der Waals surface area (Å²) in [6, 6.07) is 6.92. The number of carbonyl (C=O) groups excluding carboxylic acids is 2. The lowest BCUT2D eigenvalue weighted by molar-refractivity contribution is -0.133. The standard InChI is InChI=1S/C20H27ClN2O4/c21-17-9-5-4-8-15(17)13-27-14-16(24)12-23-18(25)20(22-19(23)26)10-6-2-1-3-7-11-20/h4-5,8-9,16,24H,1-3,6-7,10-14H2,(H,22,26). The highest BCUT2D eigenvalue weighted by molar-refractivity contribution is 6.31. The highest BCUT2D eigenvalue weighted by atomic mass is 35.5. The zero-order valence-electron chi connectivity index (χ0n) is 15.5. The van der Waals surface area contributed by atoms with Crippen molar-refractivity contribution in [1.29, 1.82) is 0 Å². The molecule has 1 atom stereocenters. The molecule has 148 valence electrons. The van der Waals surface area contributed by atoms with Crippen LogP contribution < -0.4 is 5.32 Å². The van der Waals surface area contributed by atoms with Crippen molar-refractivity contribution in [2.75, 3.05) is 13.2 Å². The number of benzene rings is 1. The van der Waals surface area contributed by atoms with Crippen molar-refractivity contribution in [3.05, 3.63) is 34.9 Å². The normalized spacial score (nSPS) is 21.0. The van der Waals surface area contributed by atoms with Crippen LogP contribution in [0.3, 0.4) is 0 Å². The van der Waals surface area contributed by atoms with E-state index < -0.39 is 17.7 Å². The van der Waals surface area contributed by atoms with E-state index in [-0.39, 0.29) is 25.7 Å². The van der Waals surface area contributed by atoms with E-state index in [0.29, 0.717) is 17.9 Å². The second-order valence-corrected chi connectivity index (χ2v) is 7.86. The summed E-state index contributed by atoms with van der Waals surface area (Å²) in [5.41, 5.74) is 0.0464. The number of ether oxygens (including phenoxy) is 1. The summed E-state index contributed by atoms with van der Waals surface area (Å²) in [5.74, 6) is -0.209. The number of carbonyl (C=O) groups is 2. The number of halogens is 1. The van der Waals surface area contributed by atoms with Crippen molar-refractivity contribution < 1.29 is 19.4 Å². The third kappa shape index (κ3) is 4.81. The lowest BCUT2D eigenvalue weighted by Crippen LogP contribution is -2.48. The first kappa shape index (κ1) is 20.1. The third-order valence-corrected chi connectivity index (χ3v) is 5.74. The van der Waals surface area contributed by atoms with Gasteiger partial charge in [0.1, 0.15) is 5.54 Å². The van der Waals surface area contributed by atoms with Crippen molar-refractivity contribution in [1.82, 2.24) is 10.2 Å². The van der Waals surface area contributed by atoms with Gasteiger partial charge in [-0.15, -0.1) is 0 Å². The molecule has 1 aromatic rings. The molecule has 7 heteroatoms. The molecule has 0 aromatic heterocycles. The molecule has 0 bridgehead atoms. The monoisotopic (exact) mass is 394 g/mol. The predicted octanol–water partition coefficient (Wildman–Crippen LogP) is 3.25. The molecule has 1 heterocycles. The number of hydrogen-bond donors (Lipinski definition) is 2. The Bertz CT molecular complexity index is 674. The number of rotatable bonds is 6. The van der Waals surface area contributed by atoms with Crippen LogP contribution in [0.15, 0.2) is 24.3 Å². The number of urea groups is 1. The van der Waals surface area contributed by atoms with E-state index in [1.54, 1.807) is 6.07 Å². The maximum absolute atomic E-state index is 12.9. The van der Waals surface area contributed by atoms with Crippen LogP contribution in [0.2, 0.25) is 5.02 Å². The van der Waals surface area contributed by atoms with Gasteiger partial charge >= 0.3 is 6.03 Å². The van der Waals surface area contributed by atoms with Crippen LogP contribution in [0, 0.1) is 0 Å². The Morgan fingerprint density at radius 1 is 1.15 bits per heavy atom. The number of amides is 3. The molecular formula is C20H27ClN2O4. The van der Waals surface area contributed by atoms with Gasteiger partial charge in [-0.2, -0.15) is 0 Å². The van der Waals surface area contributed by atoms with Gasteiger partial charge in [-0.1, -0.05) is 61.9 Å². The zero-order valence-corrected chi connectivity index (χ0v) is 16.2. The van der Waals surface area contributed by atoms with Crippen molar-refractivity contribution in [3.63, 3.8) is 0 Å². The topological polar surface area (TPSA) is 78.9 Å². The maximum atomic E-state index is 12.9. The fourth-order valence-corrected chi connectivity index (χ4v) is 4.06. The molecular weight excluding hydrogens is 368 g/mol. The largest absolute Gasteiger partial charge is 0.389 e. The highest BCUT2D eigenvalue weighted by Gasteiger charge is 2.50. The lowest BCUT2D eigenvalue weighted by atomic mass is 9.84. The summed E-state index contributed by atoms with van der Waals surface area (Å²) in [6.07, 6.45) is 5.63. The minimum Gasteiger partial charge on any atom is -0.389 e. The minimum absolute atomic E-state index is 0.0231. The second-order valence-electron chi connectivity index (χ2n) is 7.46. The number of aliphatic hydroxyl groups is 1. The first-order valence-corrected chi connectivity index (χ1v) is 10.0. The molecule has 0 radical (unpaired) electrons. The Kier molecular flexibility index (Phi) is 6.73. The van der Waals surface area contributed by atoms with Gasteiger partial charge in [-0.05, 0) is 24.5 Å². The smallest absolute Gasteiger partial charge is 0.325 e. The van der Waals surface area contributed by atoms with Gasteiger partial charge in [0.2, 0.25) is 0 Å². The average molecular weight is 395 g/mol. The summed E-state index contributed by atoms with van der Waals surface area (Å²) in [6.45, 7) is 0.227. The van der Waals surface area contributed by atoms with Gasteiger partial charge in [0.05, 0.1) is 25.9 Å². The molecule has 3 rings (SSSR count). The third-order valence-electron chi connectivity index (χ3n) is 5.37. The number of nitrogens with one attached hydrogen (secondary N) is 1. The van der Waals surface area contributed by atoms with Gasteiger partial charge in [0.25, 0.3) is 5.91 Å². The molecule has 1 aliphatic carbocycles. The molecule has 1 spiro atoms. The zero-order chi connectivity index (χ0) is 19.3. The van der Waals surface area contributed by atoms with Crippen LogP contribution >= 0.6 is 11.6 Å². The van der Waals surface area contributed by atoms with Crippen molar-refractivity contribution in [2.45, 2.75) is 63.2 Å². The van der Waals surface area contributed by atoms with E-state index in [0.717, 1.165) is 36.1 Å². The quantitative estimate of drug-likeness (QED) is 0.726. The average Bonchev–Trinajstić information content (AvgIpc) is 2.85. The van der Waals surface area contributed by atoms with Crippen molar-refractivity contribution >= 4 is 23.5 Å². The first-order valence-electron chi connectivity index (χ1n) is 9.65. The fraction of sp³-hybridized carbons (Fsp3) is 0.600. The molecule has 2 aliphatic rings. The number of imide groups is 1. The van der Waals surface area contributed by atoms with E-state index in [9.17, 15) is 14.7 Å². The van der Waals surface area contributed by atoms with Crippen LogP contribution in [-0.4, -0.2) is 46.7 Å². The van der Waals surface area contributed by atoms with Crippen molar-refractivity contribution in [3.8, 4) is 0 Å². The van der Waals surface area contributed by atoms with Gasteiger partial charge in [-0.3, -0.25) is 9.69 Å². The van der Waals surface area contributed by atoms with Gasteiger partial charge in [0, 0.05) is 5.02 Å². The van der Waals surface area contributed by atoms with E-state index in [1.807, 2.05) is 18.2 Å². The van der Waals surface area contributed by atoms with E-state index in [1.165, 1.54) is 6.42 Å². The predicted molar refractivity (Wildman–Crippen MR) is 102 cm³/mol. The summed E-state index contributed by atoms with van der Waals surface area (Å²) >= 11 is 6.07. The maximum Gasteiger partial charge on any atom is 0.325 e. The molecule has 2 fully saturated rings. The van der Waals surface area contributed by atoms with Crippen molar-refractivity contribution in [2.24, 2.45) is 0 Å². The van der Waals surface area contributed by atoms with E-state index in [4.69, 9.17) is 16.3 Å². The van der Waals surface area contributed by atoms with Crippen LogP contribution in [0.1, 0.15) is 50.5 Å². The molecule has 27 heavy (non-hydrogen) atoms. The van der Waals surface area contributed by atoms with Crippen LogP contribution in [0.4, 0.5) is 4.79 Å². The Morgan fingerprint density at radius 2 is 1.81 bits per heavy atom. The molecule has 1 aromatic carbocycles. The molecule has 1 unspecified atom stereocenters. The Hall–Kier alpha value is -1.63. The Labute approximate surface area is 164 Å². The highest BCUT2D eigenvalue weighted by Crippen LogP contribution is 2.32. The summed E-state index contributed by atoms with van der Waals surface area (Å²) in [4.78, 5) is 26.4. The van der Waals surface area contributed by atoms with E-state index in [2.05, 4.69) is 5.32 Å². The number of nitrogens with zero attached hydrogens (tertiary/aromatic N) is 1. The Morgan fingerprint density at radius 3 is 2.52 bits per heavy atom. The molecule has 6 nitrogen and oxygen atoms in total. The minimum atomic E-state index is -0.939. The molecule has 1 aliphatic heterocycles. The molecule has 1 saturated carbocycles. The summed E-state index contributed by atoms with van der Waals surface area (Å²) in [5, 5.41) is 13.8. The van der Waals surface area contributed by atoms with Gasteiger partial charge in [0.15, 0.2) is 0 Å². The first-order chi connectivity index (χ1) is 13.0. The fourth-order valence-electron chi connectivity index (χ4n) is 3.87. The number of hydrogen-bond acceptors (Lipinski definition) is 4. The number of β-amino-alcohol motifs (C(OH)–C–C–N with tert-alkyl or cyclic N) is 1.